The molecule has 0 radical (unpaired) electrons. The van der Waals surface area contributed by atoms with Gasteiger partial charge in [0.25, 0.3) is 5.56 Å². The van der Waals surface area contributed by atoms with Gasteiger partial charge in [-0.25, -0.2) is 4.98 Å². The molecule has 0 aliphatic rings. The number of nitrogens with one attached hydrogen (secondary N) is 1. The predicted octanol–water partition coefficient (Wildman–Crippen LogP) is 2.07. The van der Waals surface area contributed by atoms with Crippen LogP contribution >= 0.6 is 11.8 Å². The zero-order chi connectivity index (χ0) is 16.9. The van der Waals surface area contributed by atoms with Gasteiger partial charge in [0.2, 0.25) is 5.91 Å². The summed E-state index contributed by atoms with van der Waals surface area (Å²) in [5.41, 5.74) is 0.436. The molecule has 122 valence electrons. The standard InChI is InChI=1S/C17H16N4O2S/c1-21(16(22)11-24-12-6-8-18-9-7-12)10-15-19-14-5-3-2-4-13(14)17(23)20-15/h2-9H,10-11H2,1H3,(H,19,20,23). The molecular formula is C17H16N4O2S. The third-order valence-electron chi connectivity index (χ3n) is 3.49. The van der Waals surface area contributed by atoms with E-state index in [2.05, 4.69) is 15.0 Å². The van der Waals surface area contributed by atoms with E-state index in [0.29, 0.717) is 22.5 Å². The Kier molecular flexibility index (Phi) is 4.90. The number of pyridine rings is 1. The number of carbonyl (C=O) groups excluding carboxylic acids is 1. The zero-order valence-corrected chi connectivity index (χ0v) is 13.9. The Morgan fingerprint density at radius 1 is 1.21 bits per heavy atom. The predicted molar refractivity (Wildman–Crippen MR) is 93.8 cm³/mol. The van der Waals surface area contributed by atoms with Crippen molar-refractivity contribution in [2.75, 3.05) is 12.8 Å². The van der Waals surface area contributed by atoms with Gasteiger partial charge in [0.05, 0.1) is 23.2 Å². The lowest BCUT2D eigenvalue weighted by Crippen LogP contribution is -2.29. The minimum absolute atomic E-state index is 0.0346. The highest BCUT2D eigenvalue weighted by atomic mass is 32.2. The average Bonchev–Trinajstić information content (AvgIpc) is 2.60. The van der Waals surface area contributed by atoms with E-state index in [1.165, 1.54) is 11.8 Å². The van der Waals surface area contributed by atoms with Crippen LogP contribution in [0, 0.1) is 0 Å². The zero-order valence-electron chi connectivity index (χ0n) is 13.1. The highest BCUT2D eigenvalue weighted by molar-refractivity contribution is 8.00. The number of fused-ring (bicyclic) bond motifs is 1. The van der Waals surface area contributed by atoms with E-state index in [9.17, 15) is 9.59 Å². The van der Waals surface area contributed by atoms with Gasteiger partial charge < -0.3 is 9.88 Å². The number of aromatic nitrogens is 3. The molecule has 2 aromatic heterocycles. The average molecular weight is 340 g/mol. The summed E-state index contributed by atoms with van der Waals surface area (Å²) in [5.74, 6) is 0.759. The fourth-order valence-corrected chi connectivity index (χ4v) is 3.04. The molecule has 7 heteroatoms. The second-order valence-electron chi connectivity index (χ2n) is 5.25. The third kappa shape index (κ3) is 3.80. The molecule has 6 nitrogen and oxygen atoms in total. The van der Waals surface area contributed by atoms with Gasteiger partial charge in [0.1, 0.15) is 5.82 Å². The molecule has 0 saturated carbocycles. The van der Waals surface area contributed by atoms with Crippen LogP contribution in [0.4, 0.5) is 0 Å². The number of rotatable bonds is 5. The lowest BCUT2D eigenvalue weighted by molar-refractivity contribution is -0.127. The number of nitrogens with zero attached hydrogens (tertiary/aromatic N) is 3. The minimum Gasteiger partial charge on any atom is -0.338 e. The normalized spacial score (nSPS) is 10.7. The Morgan fingerprint density at radius 2 is 1.96 bits per heavy atom. The summed E-state index contributed by atoms with van der Waals surface area (Å²) in [6.07, 6.45) is 3.39. The van der Waals surface area contributed by atoms with E-state index in [1.54, 1.807) is 42.5 Å². The maximum absolute atomic E-state index is 12.2. The van der Waals surface area contributed by atoms with E-state index in [0.717, 1.165) is 4.90 Å². The van der Waals surface area contributed by atoms with Crippen molar-refractivity contribution < 1.29 is 4.79 Å². The summed E-state index contributed by atoms with van der Waals surface area (Å²) < 4.78 is 0. The number of aromatic amines is 1. The second kappa shape index (κ2) is 7.27. The Balaban J connectivity index is 1.67. The van der Waals surface area contributed by atoms with E-state index >= 15 is 0 Å². The van der Waals surface area contributed by atoms with Gasteiger partial charge >= 0.3 is 0 Å². The van der Waals surface area contributed by atoms with E-state index in [-0.39, 0.29) is 18.0 Å². The molecule has 1 aromatic carbocycles. The Hall–Kier alpha value is -2.67. The quantitative estimate of drug-likeness (QED) is 0.719. The molecule has 0 saturated heterocycles. The first-order chi connectivity index (χ1) is 11.6. The van der Waals surface area contributed by atoms with Crippen LogP contribution in [0.25, 0.3) is 10.9 Å². The topological polar surface area (TPSA) is 79.0 Å². The fraction of sp³-hybridized carbons (Fsp3) is 0.176. The molecule has 0 aliphatic carbocycles. The van der Waals surface area contributed by atoms with Crippen LogP contribution < -0.4 is 5.56 Å². The molecule has 3 rings (SSSR count). The number of hydrogen-bond acceptors (Lipinski definition) is 5. The van der Waals surface area contributed by atoms with E-state index in [4.69, 9.17) is 0 Å². The molecular weight excluding hydrogens is 324 g/mol. The van der Waals surface area contributed by atoms with Gasteiger partial charge in [-0.1, -0.05) is 12.1 Å². The van der Waals surface area contributed by atoms with Crippen molar-refractivity contribution in [3.8, 4) is 0 Å². The number of hydrogen-bond donors (Lipinski definition) is 1. The molecule has 0 spiro atoms. The summed E-state index contributed by atoms with van der Waals surface area (Å²) in [7, 11) is 1.70. The fourth-order valence-electron chi connectivity index (χ4n) is 2.21. The third-order valence-corrected chi connectivity index (χ3v) is 4.48. The van der Waals surface area contributed by atoms with Crippen molar-refractivity contribution in [2.45, 2.75) is 11.4 Å². The summed E-state index contributed by atoms with van der Waals surface area (Å²) in [5, 5.41) is 0.545. The van der Waals surface area contributed by atoms with Crippen LogP contribution in [0.2, 0.25) is 0 Å². The lowest BCUT2D eigenvalue weighted by atomic mass is 10.2. The molecule has 1 N–H and O–H groups in total. The number of benzene rings is 1. The summed E-state index contributed by atoms with van der Waals surface area (Å²) in [6, 6.07) is 10.9. The minimum atomic E-state index is -0.192. The van der Waals surface area contributed by atoms with Crippen LogP contribution in [0.15, 0.2) is 58.5 Å². The van der Waals surface area contributed by atoms with Crippen LogP contribution in [-0.2, 0) is 11.3 Å². The number of amides is 1. The van der Waals surface area contributed by atoms with Crippen molar-refractivity contribution in [3.63, 3.8) is 0 Å². The Morgan fingerprint density at radius 3 is 2.75 bits per heavy atom. The van der Waals surface area contributed by atoms with E-state index < -0.39 is 0 Å². The molecule has 24 heavy (non-hydrogen) atoms. The van der Waals surface area contributed by atoms with Gasteiger partial charge in [-0.3, -0.25) is 14.6 Å². The maximum atomic E-state index is 12.2. The van der Waals surface area contributed by atoms with Gasteiger partial charge in [-0.15, -0.1) is 11.8 Å². The summed E-state index contributed by atoms with van der Waals surface area (Å²) in [6.45, 7) is 0.260. The number of carbonyl (C=O) groups is 1. The SMILES string of the molecule is CN(Cc1nc2ccccc2c(=O)[nH]1)C(=O)CSc1ccncc1. The summed E-state index contributed by atoms with van der Waals surface area (Å²) >= 11 is 1.45. The van der Waals surface area contributed by atoms with Crippen LogP contribution in [0.1, 0.15) is 5.82 Å². The van der Waals surface area contributed by atoms with Crippen molar-refractivity contribution in [1.29, 1.82) is 0 Å². The Labute approximate surface area is 142 Å². The summed E-state index contributed by atoms with van der Waals surface area (Å²) in [4.78, 5) is 37.9. The van der Waals surface area contributed by atoms with Crippen molar-refractivity contribution >= 4 is 28.6 Å². The van der Waals surface area contributed by atoms with Gasteiger partial charge in [0, 0.05) is 24.3 Å². The molecule has 0 aliphatic heterocycles. The van der Waals surface area contributed by atoms with Crippen molar-refractivity contribution in [2.24, 2.45) is 0 Å². The van der Waals surface area contributed by atoms with Crippen molar-refractivity contribution in [1.82, 2.24) is 19.9 Å². The molecule has 3 aromatic rings. The Bertz CT molecular complexity index is 911. The van der Waals surface area contributed by atoms with Crippen molar-refractivity contribution in [3.05, 3.63) is 65.0 Å². The molecule has 0 unspecified atom stereocenters. The van der Waals surface area contributed by atoms with Crippen LogP contribution in [-0.4, -0.2) is 38.6 Å². The monoisotopic (exact) mass is 340 g/mol. The molecule has 0 bridgehead atoms. The van der Waals surface area contributed by atoms with Crippen LogP contribution in [0.5, 0.6) is 0 Å². The largest absolute Gasteiger partial charge is 0.338 e. The van der Waals surface area contributed by atoms with Gasteiger partial charge in [0.15, 0.2) is 0 Å². The molecule has 2 heterocycles. The van der Waals surface area contributed by atoms with Gasteiger partial charge in [-0.05, 0) is 24.3 Å². The molecule has 0 fully saturated rings. The van der Waals surface area contributed by atoms with E-state index in [1.807, 2.05) is 18.2 Å². The smallest absolute Gasteiger partial charge is 0.258 e. The second-order valence-corrected chi connectivity index (χ2v) is 6.30. The first-order valence-corrected chi connectivity index (χ1v) is 8.37. The maximum Gasteiger partial charge on any atom is 0.258 e. The highest BCUT2D eigenvalue weighted by Gasteiger charge is 2.12. The lowest BCUT2D eigenvalue weighted by Gasteiger charge is -2.16. The number of H-pyrrole nitrogens is 1. The van der Waals surface area contributed by atoms with Crippen LogP contribution in [0.3, 0.4) is 0 Å². The number of thioether (sulfide) groups is 1. The number of para-hydroxylation sites is 1. The van der Waals surface area contributed by atoms with Gasteiger partial charge in [-0.2, -0.15) is 0 Å². The molecule has 1 amide bonds. The highest BCUT2D eigenvalue weighted by Crippen LogP contribution is 2.16. The molecule has 0 atom stereocenters. The first-order valence-electron chi connectivity index (χ1n) is 7.38. The first kappa shape index (κ1) is 16.2.